The molecule has 1 unspecified atom stereocenters. The van der Waals surface area contributed by atoms with Crippen LogP contribution in [0.4, 0.5) is 0 Å². The van der Waals surface area contributed by atoms with Gasteiger partial charge in [0.2, 0.25) is 5.91 Å². The average molecular weight is 269 g/mol. The predicted octanol–water partition coefficient (Wildman–Crippen LogP) is 0.0688. The third-order valence-corrected chi connectivity index (χ3v) is 2.51. The molecule has 0 aliphatic carbocycles. The summed E-state index contributed by atoms with van der Waals surface area (Å²) in [4.78, 5) is 22.8. The van der Waals surface area contributed by atoms with Gasteiger partial charge in [-0.15, -0.1) is 5.10 Å². The van der Waals surface area contributed by atoms with Crippen LogP contribution in [0.15, 0.2) is 6.33 Å². The fourth-order valence-electron chi connectivity index (χ4n) is 1.47. The van der Waals surface area contributed by atoms with Gasteiger partial charge in [-0.25, -0.2) is 9.48 Å². The molecule has 0 saturated heterocycles. The van der Waals surface area contributed by atoms with Gasteiger partial charge in [0.1, 0.15) is 18.9 Å². The van der Waals surface area contributed by atoms with Crippen LogP contribution in [0.25, 0.3) is 0 Å². The number of aromatic nitrogens is 4. The Morgan fingerprint density at radius 2 is 2.11 bits per heavy atom. The molecule has 0 aliphatic heterocycles. The molecular weight excluding hydrogens is 250 g/mol. The van der Waals surface area contributed by atoms with Gasteiger partial charge >= 0.3 is 5.97 Å². The molecule has 0 aromatic carbocycles. The van der Waals surface area contributed by atoms with Crippen molar-refractivity contribution in [1.29, 1.82) is 0 Å². The van der Waals surface area contributed by atoms with E-state index in [2.05, 4.69) is 20.8 Å². The lowest BCUT2D eigenvalue weighted by molar-refractivity contribution is -0.142. The Balaban J connectivity index is 2.49. The molecule has 2 N–H and O–H groups in total. The first-order chi connectivity index (χ1) is 8.78. The second kappa shape index (κ2) is 6.26. The van der Waals surface area contributed by atoms with Crippen LogP contribution in [0, 0.1) is 5.41 Å². The zero-order valence-corrected chi connectivity index (χ0v) is 11.3. The largest absolute Gasteiger partial charge is 0.480 e. The van der Waals surface area contributed by atoms with E-state index in [0.29, 0.717) is 12.8 Å². The molecule has 0 spiro atoms. The second-order valence-electron chi connectivity index (χ2n) is 5.57. The van der Waals surface area contributed by atoms with Crippen molar-refractivity contribution in [1.82, 2.24) is 25.5 Å². The van der Waals surface area contributed by atoms with Crippen molar-refractivity contribution in [3.05, 3.63) is 6.33 Å². The van der Waals surface area contributed by atoms with Gasteiger partial charge in [0, 0.05) is 0 Å². The lowest BCUT2D eigenvalue weighted by Gasteiger charge is -2.21. The molecule has 0 bridgehead atoms. The lowest BCUT2D eigenvalue weighted by atomic mass is 9.88. The Hall–Kier alpha value is -1.99. The van der Waals surface area contributed by atoms with Crippen LogP contribution in [0.2, 0.25) is 0 Å². The summed E-state index contributed by atoms with van der Waals surface area (Å²) in [5.74, 6) is -1.46. The SMILES string of the molecule is CC(C)(C)CCC(NC(=O)Cn1cnnn1)C(=O)O. The Labute approximate surface area is 111 Å². The molecule has 106 valence electrons. The molecule has 1 amide bonds. The number of nitrogens with zero attached hydrogens (tertiary/aromatic N) is 4. The Morgan fingerprint density at radius 1 is 1.42 bits per heavy atom. The van der Waals surface area contributed by atoms with Crippen molar-refractivity contribution < 1.29 is 14.7 Å². The van der Waals surface area contributed by atoms with Gasteiger partial charge in [0.05, 0.1) is 0 Å². The number of aliphatic carboxylic acids is 1. The van der Waals surface area contributed by atoms with Gasteiger partial charge in [-0.2, -0.15) is 0 Å². The molecule has 0 saturated carbocycles. The number of carboxylic acids is 1. The maximum Gasteiger partial charge on any atom is 0.326 e. The van der Waals surface area contributed by atoms with E-state index in [1.54, 1.807) is 0 Å². The minimum atomic E-state index is -1.03. The van der Waals surface area contributed by atoms with Crippen LogP contribution in [0.3, 0.4) is 0 Å². The number of nitrogens with one attached hydrogen (secondary N) is 1. The van der Waals surface area contributed by atoms with Crippen molar-refractivity contribution in [3.63, 3.8) is 0 Å². The summed E-state index contributed by atoms with van der Waals surface area (Å²) in [5.41, 5.74) is 0.0221. The van der Waals surface area contributed by atoms with Crippen LogP contribution in [0.5, 0.6) is 0 Å². The number of carbonyl (C=O) groups is 2. The van der Waals surface area contributed by atoms with E-state index in [1.807, 2.05) is 20.8 Å². The van der Waals surface area contributed by atoms with Crippen LogP contribution in [0.1, 0.15) is 33.6 Å². The number of hydrogen-bond acceptors (Lipinski definition) is 5. The Kier molecular flexibility index (Phi) is 4.96. The highest BCUT2D eigenvalue weighted by molar-refractivity contribution is 5.83. The topological polar surface area (TPSA) is 110 Å². The highest BCUT2D eigenvalue weighted by Gasteiger charge is 2.22. The summed E-state index contributed by atoms with van der Waals surface area (Å²) < 4.78 is 1.23. The van der Waals surface area contributed by atoms with Crippen LogP contribution in [-0.4, -0.2) is 43.2 Å². The van der Waals surface area contributed by atoms with Crippen molar-refractivity contribution in [2.75, 3.05) is 0 Å². The normalized spacial score (nSPS) is 13.0. The van der Waals surface area contributed by atoms with E-state index in [9.17, 15) is 9.59 Å². The van der Waals surface area contributed by atoms with Crippen LogP contribution in [-0.2, 0) is 16.1 Å². The van der Waals surface area contributed by atoms with E-state index in [1.165, 1.54) is 11.0 Å². The van der Waals surface area contributed by atoms with E-state index >= 15 is 0 Å². The van der Waals surface area contributed by atoms with E-state index < -0.39 is 17.9 Å². The van der Waals surface area contributed by atoms with Gasteiger partial charge in [-0.05, 0) is 28.7 Å². The highest BCUT2D eigenvalue weighted by Crippen LogP contribution is 2.21. The molecule has 1 aromatic heterocycles. The number of hydrogen-bond donors (Lipinski definition) is 2. The fraction of sp³-hybridized carbons (Fsp3) is 0.727. The first-order valence-corrected chi connectivity index (χ1v) is 6.01. The smallest absolute Gasteiger partial charge is 0.326 e. The van der Waals surface area contributed by atoms with Crippen molar-refractivity contribution in [2.45, 2.75) is 46.2 Å². The lowest BCUT2D eigenvalue weighted by Crippen LogP contribution is -2.42. The fourth-order valence-corrected chi connectivity index (χ4v) is 1.47. The highest BCUT2D eigenvalue weighted by atomic mass is 16.4. The molecule has 1 heterocycles. The molecule has 19 heavy (non-hydrogen) atoms. The van der Waals surface area contributed by atoms with Crippen molar-refractivity contribution in [2.24, 2.45) is 5.41 Å². The summed E-state index contributed by atoms with van der Waals surface area (Å²) in [6.45, 7) is 5.98. The third-order valence-electron chi connectivity index (χ3n) is 2.51. The molecule has 8 heteroatoms. The monoisotopic (exact) mass is 269 g/mol. The van der Waals surface area contributed by atoms with E-state index in [4.69, 9.17) is 5.11 Å². The van der Waals surface area contributed by atoms with Gasteiger partial charge in [-0.3, -0.25) is 4.79 Å². The number of tetrazole rings is 1. The summed E-state index contributed by atoms with van der Waals surface area (Å²) in [6.07, 6.45) is 2.39. The van der Waals surface area contributed by atoms with E-state index in [0.717, 1.165) is 0 Å². The van der Waals surface area contributed by atoms with Crippen molar-refractivity contribution >= 4 is 11.9 Å². The summed E-state index contributed by atoms with van der Waals surface area (Å²) >= 11 is 0. The summed E-state index contributed by atoms with van der Waals surface area (Å²) in [7, 11) is 0. The predicted molar refractivity (Wildman–Crippen MR) is 66.1 cm³/mol. The summed E-state index contributed by atoms with van der Waals surface area (Å²) in [6, 6.07) is -0.886. The standard InChI is InChI=1S/C11H19N5O3/c1-11(2,3)5-4-8(10(18)19)13-9(17)6-16-7-12-14-15-16/h7-8H,4-6H2,1-3H3,(H,13,17)(H,18,19). The maximum absolute atomic E-state index is 11.7. The van der Waals surface area contributed by atoms with Gasteiger partial charge < -0.3 is 10.4 Å². The zero-order valence-electron chi connectivity index (χ0n) is 11.3. The Bertz CT molecular complexity index is 424. The molecule has 1 aromatic rings. The molecule has 8 nitrogen and oxygen atoms in total. The molecule has 0 radical (unpaired) electrons. The average Bonchev–Trinajstić information content (AvgIpc) is 2.75. The number of carbonyl (C=O) groups excluding carboxylic acids is 1. The number of amides is 1. The third kappa shape index (κ3) is 5.94. The molecule has 1 rings (SSSR count). The quantitative estimate of drug-likeness (QED) is 0.756. The van der Waals surface area contributed by atoms with Crippen molar-refractivity contribution in [3.8, 4) is 0 Å². The second-order valence-corrected chi connectivity index (χ2v) is 5.57. The van der Waals surface area contributed by atoms with Gasteiger partial charge in [0.15, 0.2) is 0 Å². The van der Waals surface area contributed by atoms with Gasteiger partial charge in [0.25, 0.3) is 0 Å². The van der Waals surface area contributed by atoms with Crippen LogP contribution >= 0.6 is 0 Å². The van der Waals surface area contributed by atoms with E-state index in [-0.39, 0.29) is 12.0 Å². The zero-order chi connectivity index (χ0) is 14.5. The van der Waals surface area contributed by atoms with Gasteiger partial charge in [-0.1, -0.05) is 20.8 Å². The molecule has 1 atom stereocenters. The molecule has 0 aliphatic rings. The molecular formula is C11H19N5O3. The molecule has 0 fully saturated rings. The minimum Gasteiger partial charge on any atom is -0.480 e. The minimum absolute atomic E-state index is 0.0221. The number of carboxylic acid groups (broad SMARTS) is 1. The number of rotatable bonds is 6. The maximum atomic E-state index is 11.7. The first-order valence-electron chi connectivity index (χ1n) is 6.01. The summed E-state index contributed by atoms with van der Waals surface area (Å²) in [5, 5.41) is 21.9. The Morgan fingerprint density at radius 3 is 2.58 bits per heavy atom. The van der Waals surface area contributed by atoms with Crippen LogP contribution < -0.4 is 5.32 Å². The first kappa shape index (κ1) is 15.1.